The van der Waals surface area contributed by atoms with E-state index in [1.807, 2.05) is 42.5 Å². The molecule has 6 heteroatoms. The van der Waals surface area contributed by atoms with Gasteiger partial charge in [0.05, 0.1) is 22.8 Å². The molecule has 5 heterocycles. The van der Waals surface area contributed by atoms with Crippen LogP contribution in [-0.4, -0.2) is 30.9 Å². The first-order valence-corrected chi connectivity index (χ1v) is 17.3. The van der Waals surface area contributed by atoms with Crippen LogP contribution in [-0.2, 0) is 33.7 Å². The molecule has 0 unspecified atom stereocenters. The SMILES string of the molecule is C1=Cc2cc3ccc(cc4ccc(cc5nc(cc1n2)C=C5)[nH]4)[nH]3.[Cd].[Si].c1ccc2c(c1)Cc1ccccc1-2.c1ccc2cc3ccccc3cc2c1. The van der Waals surface area contributed by atoms with Gasteiger partial charge < -0.3 is 9.97 Å². The quantitative estimate of drug-likeness (QED) is 0.119. The summed E-state index contributed by atoms with van der Waals surface area (Å²) in [4.78, 5) is 16.0. The molecule has 248 valence electrons. The minimum atomic E-state index is 0. The van der Waals surface area contributed by atoms with Crippen molar-refractivity contribution in [1.29, 1.82) is 0 Å². The molecule has 0 fully saturated rings. The van der Waals surface area contributed by atoms with Crippen molar-refractivity contribution in [2.75, 3.05) is 0 Å². The number of rotatable bonds is 0. The van der Waals surface area contributed by atoms with Crippen molar-refractivity contribution < 1.29 is 27.3 Å². The van der Waals surface area contributed by atoms with E-state index in [1.165, 1.54) is 43.8 Å². The molecule has 3 aromatic heterocycles. The van der Waals surface area contributed by atoms with E-state index in [4.69, 9.17) is 0 Å². The van der Waals surface area contributed by atoms with E-state index in [2.05, 4.69) is 159 Å². The van der Waals surface area contributed by atoms with Crippen molar-refractivity contribution in [2.24, 2.45) is 0 Å². The predicted octanol–water partition coefficient (Wildman–Crippen LogP) is 11.5. The summed E-state index contributed by atoms with van der Waals surface area (Å²) in [7, 11) is 0. The summed E-state index contributed by atoms with van der Waals surface area (Å²) in [5.41, 5.74) is 13.6. The van der Waals surface area contributed by atoms with Gasteiger partial charge in [0.1, 0.15) is 0 Å². The molecule has 0 atom stereocenters. The van der Waals surface area contributed by atoms with E-state index < -0.39 is 0 Å². The topological polar surface area (TPSA) is 57.4 Å². The van der Waals surface area contributed by atoms with Gasteiger partial charge in [0.15, 0.2) is 0 Å². The first kappa shape index (κ1) is 35.7. The van der Waals surface area contributed by atoms with Crippen LogP contribution in [0.1, 0.15) is 33.9 Å². The third-order valence-corrected chi connectivity index (χ3v) is 9.36. The van der Waals surface area contributed by atoms with Gasteiger partial charge in [-0.2, -0.15) is 0 Å². The summed E-state index contributed by atoms with van der Waals surface area (Å²) in [5, 5.41) is 5.25. The molecule has 8 bridgehead atoms. The fourth-order valence-corrected chi connectivity index (χ4v) is 6.91. The average molecular weight is 795 g/mol. The number of H-pyrrole nitrogens is 2. The maximum Gasteiger partial charge on any atom is 0.0659 e. The van der Waals surface area contributed by atoms with Crippen molar-refractivity contribution in [2.45, 2.75) is 6.42 Å². The molecule has 3 aliphatic rings. The molecule has 2 aliphatic heterocycles. The van der Waals surface area contributed by atoms with Crippen molar-refractivity contribution in [3.63, 3.8) is 0 Å². The van der Waals surface area contributed by atoms with E-state index in [0.717, 1.165) is 51.3 Å². The second kappa shape index (κ2) is 15.9. The summed E-state index contributed by atoms with van der Waals surface area (Å²) in [6.45, 7) is 0. The summed E-state index contributed by atoms with van der Waals surface area (Å²) < 4.78 is 0. The Hall–Kier alpha value is -5.64. The molecule has 4 nitrogen and oxygen atoms in total. The zero-order valence-electron chi connectivity index (χ0n) is 29.1. The molecule has 5 aromatic carbocycles. The van der Waals surface area contributed by atoms with Crippen molar-refractivity contribution >= 4 is 78.9 Å². The first-order valence-electron chi connectivity index (χ1n) is 17.3. The molecule has 0 amide bonds. The molecule has 0 spiro atoms. The van der Waals surface area contributed by atoms with Crippen LogP contribution in [0, 0.1) is 0 Å². The van der Waals surface area contributed by atoms with Crippen molar-refractivity contribution in [1.82, 2.24) is 19.9 Å². The van der Waals surface area contributed by atoms with Gasteiger partial charge in [0.25, 0.3) is 0 Å². The van der Waals surface area contributed by atoms with Crippen LogP contribution in [0.4, 0.5) is 0 Å². The summed E-state index contributed by atoms with van der Waals surface area (Å²) >= 11 is 0. The first-order chi connectivity index (χ1) is 25.2. The third-order valence-electron chi connectivity index (χ3n) is 9.36. The van der Waals surface area contributed by atoms with Crippen LogP contribution in [0.15, 0.2) is 158 Å². The van der Waals surface area contributed by atoms with E-state index >= 15 is 0 Å². The number of aromatic amines is 2. The van der Waals surface area contributed by atoms with Crippen LogP contribution in [0.2, 0.25) is 0 Å². The Labute approximate surface area is 333 Å². The van der Waals surface area contributed by atoms with Crippen molar-refractivity contribution in [3.05, 3.63) is 192 Å². The molecule has 2 N–H and O–H groups in total. The fraction of sp³-hybridized carbons (Fsp3) is 0.0213. The molecule has 1 aliphatic carbocycles. The minimum Gasteiger partial charge on any atom is -0.355 e. The van der Waals surface area contributed by atoms with Gasteiger partial charge in [0, 0.05) is 60.3 Å². The van der Waals surface area contributed by atoms with Gasteiger partial charge >= 0.3 is 0 Å². The molecule has 11 rings (SSSR count). The molecule has 0 saturated carbocycles. The van der Waals surface area contributed by atoms with E-state index in [0.29, 0.717) is 0 Å². The van der Waals surface area contributed by atoms with Crippen LogP contribution in [0.25, 0.3) is 79.0 Å². The van der Waals surface area contributed by atoms with E-state index in [9.17, 15) is 0 Å². The molecule has 53 heavy (non-hydrogen) atoms. The summed E-state index contributed by atoms with van der Waals surface area (Å²) in [5.74, 6) is 0. The second-order valence-electron chi connectivity index (χ2n) is 12.9. The van der Waals surface area contributed by atoms with Crippen LogP contribution in [0.3, 0.4) is 0 Å². The van der Waals surface area contributed by atoms with Gasteiger partial charge in [-0.3, -0.25) is 0 Å². The van der Waals surface area contributed by atoms with Crippen molar-refractivity contribution in [3.8, 4) is 11.1 Å². The Balaban J connectivity index is 0.000000129. The average Bonchev–Trinajstić information content (AvgIpc) is 4.02. The zero-order valence-corrected chi connectivity index (χ0v) is 34.2. The number of fused-ring (bicyclic) bond motifs is 13. The Morgan fingerprint density at radius 2 is 0.698 bits per heavy atom. The second-order valence-corrected chi connectivity index (χ2v) is 12.9. The van der Waals surface area contributed by atoms with Crippen LogP contribution >= 0.6 is 0 Å². The number of hydrogen-bond donors (Lipinski definition) is 2. The Morgan fingerprint density at radius 1 is 0.358 bits per heavy atom. The summed E-state index contributed by atoms with van der Waals surface area (Å²) in [6, 6.07) is 55.1. The Bertz CT molecular complexity index is 2570. The summed E-state index contributed by atoms with van der Waals surface area (Å²) in [6.07, 6.45) is 9.15. The zero-order chi connectivity index (χ0) is 34.0. The fourth-order valence-electron chi connectivity index (χ4n) is 6.91. The molecular formula is C47H34CdN4Si. The number of nitrogens with one attached hydrogen (secondary N) is 2. The third kappa shape index (κ3) is 8.06. The normalized spacial score (nSPS) is 11.6. The van der Waals surface area contributed by atoms with Crippen LogP contribution in [0.5, 0.6) is 0 Å². The molecule has 8 aromatic rings. The molecular weight excluding hydrogens is 761 g/mol. The largest absolute Gasteiger partial charge is 0.355 e. The maximum absolute atomic E-state index is 4.62. The minimum absolute atomic E-state index is 0. The van der Waals surface area contributed by atoms with E-state index in [1.54, 1.807) is 0 Å². The Kier molecular flexibility index (Phi) is 10.8. The number of aromatic nitrogens is 4. The standard InChI is InChI=1S/C20H14N4.C14H10.C13H10.Cd.Si/c1-2-14-10-16-5-6-18(23-16)12-20-8-7-19(24-20)11-17-4-3-15(22-17)9-13(1)21-14;1-2-6-12-10-14-8-4-3-7-13(14)9-11(12)5-1;1-3-7-12-10(5-1)9-11-6-2-4-8-13(11)12;;/h1-12,21-22H;1-10H;1-8H,9H2;;. The molecule has 4 radical (unpaired) electrons. The van der Waals surface area contributed by atoms with Gasteiger partial charge in [-0.1, -0.05) is 97.1 Å². The number of hydrogen-bond acceptors (Lipinski definition) is 2. The van der Waals surface area contributed by atoms with Gasteiger partial charge in [0.2, 0.25) is 0 Å². The van der Waals surface area contributed by atoms with Gasteiger partial charge in [-0.05, 0) is 135 Å². The smallest absolute Gasteiger partial charge is 0.0659 e. The number of benzene rings is 5. The van der Waals surface area contributed by atoms with Gasteiger partial charge in [-0.15, -0.1) is 0 Å². The molecule has 0 saturated heterocycles. The Morgan fingerprint density at radius 3 is 1.11 bits per heavy atom. The maximum atomic E-state index is 4.62. The van der Waals surface area contributed by atoms with Gasteiger partial charge in [-0.25, -0.2) is 9.97 Å². The monoisotopic (exact) mass is 796 g/mol. The van der Waals surface area contributed by atoms with Crippen LogP contribution < -0.4 is 0 Å². The number of nitrogens with zero attached hydrogens (tertiary/aromatic N) is 2. The predicted molar refractivity (Wildman–Crippen MR) is 221 cm³/mol. The van der Waals surface area contributed by atoms with E-state index in [-0.39, 0.29) is 38.3 Å².